The van der Waals surface area contributed by atoms with Crippen LogP contribution in [0.1, 0.15) is 16.2 Å². The van der Waals surface area contributed by atoms with Gasteiger partial charge in [0.1, 0.15) is 11.6 Å². The summed E-state index contributed by atoms with van der Waals surface area (Å²) in [4.78, 5) is 15.3. The quantitative estimate of drug-likeness (QED) is 0.634. The number of carbonyl (C=O) groups excluding carboxylic acids is 1. The van der Waals surface area contributed by atoms with Crippen LogP contribution in [0.3, 0.4) is 0 Å². The summed E-state index contributed by atoms with van der Waals surface area (Å²) in [5, 5.41) is 0. The Hall–Kier alpha value is -2.22. The number of imidazole rings is 1. The molecular formula is C13H13FN2O4S. The molecule has 0 N–H and O–H groups in total. The van der Waals surface area contributed by atoms with E-state index in [1.165, 1.54) is 17.0 Å². The molecule has 2 aromatic rings. The molecule has 0 amide bonds. The van der Waals surface area contributed by atoms with E-state index in [1.54, 1.807) is 6.92 Å². The van der Waals surface area contributed by atoms with Crippen molar-refractivity contribution in [2.45, 2.75) is 11.8 Å². The van der Waals surface area contributed by atoms with E-state index in [-0.39, 0.29) is 10.6 Å². The minimum Gasteiger partial charge on any atom is -0.465 e. The lowest BCUT2D eigenvalue weighted by atomic mass is 10.2. The smallest absolute Gasteiger partial charge is 0.340 e. The van der Waals surface area contributed by atoms with Crippen molar-refractivity contribution in [3.63, 3.8) is 0 Å². The number of nitrogens with zero attached hydrogens (tertiary/aromatic N) is 2. The highest BCUT2D eigenvalue weighted by Crippen LogP contribution is 2.25. The van der Waals surface area contributed by atoms with Crippen LogP contribution in [0.2, 0.25) is 0 Å². The molecule has 1 heterocycles. The Morgan fingerprint density at radius 3 is 2.52 bits per heavy atom. The Balaban J connectivity index is 2.81. The number of halogens is 1. The van der Waals surface area contributed by atoms with Gasteiger partial charge in [-0.25, -0.2) is 22.6 Å². The van der Waals surface area contributed by atoms with E-state index in [0.717, 1.165) is 25.5 Å². The van der Waals surface area contributed by atoms with Crippen molar-refractivity contribution >= 4 is 15.8 Å². The summed E-state index contributed by atoms with van der Waals surface area (Å²) >= 11 is 0. The largest absolute Gasteiger partial charge is 0.465 e. The third-order valence-electron chi connectivity index (χ3n) is 2.94. The standard InChI is InChI=1S/C13H13FN2O4S/c1-8-15-4-5-16(8)11-7-10(14)9(13(17)20-2)6-12(11)21(3,18)19/h4-7H,1-3H3. The van der Waals surface area contributed by atoms with Gasteiger partial charge in [-0.1, -0.05) is 0 Å². The Bertz CT molecular complexity index is 812. The molecule has 2 rings (SSSR count). The first kappa shape index (κ1) is 15.2. The average Bonchev–Trinajstić information content (AvgIpc) is 2.82. The molecule has 8 heteroatoms. The zero-order chi connectivity index (χ0) is 15.8. The van der Waals surface area contributed by atoms with E-state index in [0.29, 0.717) is 5.82 Å². The molecule has 0 saturated carbocycles. The molecule has 0 aliphatic carbocycles. The fourth-order valence-electron chi connectivity index (χ4n) is 1.93. The number of rotatable bonds is 3. The Labute approximate surface area is 121 Å². The lowest BCUT2D eigenvalue weighted by molar-refractivity contribution is 0.0595. The lowest BCUT2D eigenvalue weighted by Gasteiger charge is -2.13. The highest BCUT2D eigenvalue weighted by molar-refractivity contribution is 7.90. The maximum atomic E-state index is 14.0. The fourth-order valence-corrected chi connectivity index (χ4v) is 2.80. The molecule has 6 nitrogen and oxygen atoms in total. The first-order chi connectivity index (χ1) is 9.75. The third-order valence-corrected chi connectivity index (χ3v) is 4.06. The van der Waals surface area contributed by atoms with Gasteiger partial charge in [0.25, 0.3) is 0 Å². The molecule has 0 spiro atoms. The van der Waals surface area contributed by atoms with Gasteiger partial charge in [0.2, 0.25) is 0 Å². The average molecular weight is 312 g/mol. The molecule has 1 aromatic carbocycles. The number of benzene rings is 1. The number of esters is 1. The predicted molar refractivity (Wildman–Crippen MR) is 72.7 cm³/mol. The Morgan fingerprint density at radius 1 is 1.38 bits per heavy atom. The second kappa shape index (κ2) is 5.28. The van der Waals surface area contributed by atoms with E-state index >= 15 is 0 Å². The van der Waals surface area contributed by atoms with Crippen LogP contribution in [-0.2, 0) is 14.6 Å². The highest BCUT2D eigenvalue weighted by Gasteiger charge is 2.23. The van der Waals surface area contributed by atoms with E-state index < -0.39 is 27.2 Å². The van der Waals surface area contributed by atoms with Gasteiger partial charge in [-0.3, -0.25) is 0 Å². The third kappa shape index (κ3) is 2.80. The summed E-state index contributed by atoms with van der Waals surface area (Å²) < 4.78 is 43.8. The number of sulfone groups is 1. The number of methoxy groups -OCH3 is 1. The van der Waals surface area contributed by atoms with Crippen molar-refractivity contribution in [2.24, 2.45) is 0 Å². The minimum atomic E-state index is -3.68. The highest BCUT2D eigenvalue weighted by atomic mass is 32.2. The molecule has 0 bridgehead atoms. The van der Waals surface area contributed by atoms with Gasteiger partial charge in [0.05, 0.1) is 23.3 Å². The maximum Gasteiger partial charge on any atom is 0.340 e. The topological polar surface area (TPSA) is 78.3 Å². The van der Waals surface area contributed by atoms with Crippen LogP contribution in [0.15, 0.2) is 29.4 Å². The van der Waals surface area contributed by atoms with Crippen LogP contribution in [0.4, 0.5) is 4.39 Å². The van der Waals surface area contributed by atoms with Crippen LogP contribution in [-0.4, -0.2) is 37.3 Å². The second-order valence-corrected chi connectivity index (χ2v) is 6.39. The van der Waals surface area contributed by atoms with Gasteiger partial charge in [0, 0.05) is 24.7 Å². The monoisotopic (exact) mass is 312 g/mol. The molecule has 0 radical (unpaired) electrons. The molecule has 0 saturated heterocycles. The number of ether oxygens (including phenoxy) is 1. The Morgan fingerprint density at radius 2 is 2.05 bits per heavy atom. The zero-order valence-electron chi connectivity index (χ0n) is 11.6. The van der Waals surface area contributed by atoms with Crippen LogP contribution >= 0.6 is 0 Å². The van der Waals surface area contributed by atoms with Crippen molar-refractivity contribution in [3.8, 4) is 5.69 Å². The van der Waals surface area contributed by atoms with Crippen molar-refractivity contribution in [2.75, 3.05) is 13.4 Å². The molecular weight excluding hydrogens is 299 g/mol. The molecule has 0 aliphatic heterocycles. The van der Waals surface area contributed by atoms with E-state index in [4.69, 9.17) is 0 Å². The van der Waals surface area contributed by atoms with Crippen molar-refractivity contribution in [1.29, 1.82) is 0 Å². The molecule has 21 heavy (non-hydrogen) atoms. The number of hydrogen-bond donors (Lipinski definition) is 0. The summed E-state index contributed by atoms with van der Waals surface area (Å²) in [6.45, 7) is 1.65. The molecule has 0 fully saturated rings. The van der Waals surface area contributed by atoms with Crippen LogP contribution in [0.5, 0.6) is 0 Å². The number of carbonyl (C=O) groups is 1. The number of aryl methyl sites for hydroxylation is 1. The predicted octanol–water partition coefficient (Wildman–Crippen LogP) is 1.51. The normalized spacial score (nSPS) is 11.4. The van der Waals surface area contributed by atoms with Gasteiger partial charge in [-0.15, -0.1) is 0 Å². The van der Waals surface area contributed by atoms with Crippen molar-refractivity contribution in [3.05, 3.63) is 41.7 Å². The summed E-state index contributed by atoms with van der Waals surface area (Å²) in [6, 6.07) is 1.96. The van der Waals surface area contributed by atoms with Gasteiger partial charge in [-0.05, 0) is 13.0 Å². The zero-order valence-corrected chi connectivity index (χ0v) is 12.4. The van der Waals surface area contributed by atoms with Crippen LogP contribution < -0.4 is 0 Å². The minimum absolute atomic E-state index is 0.0950. The molecule has 0 atom stereocenters. The van der Waals surface area contributed by atoms with Crippen LogP contribution in [0.25, 0.3) is 5.69 Å². The SMILES string of the molecule is COC(=O)c1cc(S(C)(=O)=O)c(-n2ccnc2C)cc1F. The summed E-state index contributed by atoms with van der Waals surface area (Å²) in [6.07, 6.45) is 3.96. The lowest BCUT2D eigenvalue weighted by Crippen LogP contribution is -2.12. The first-order valence-corrected chi connectivity index (χ1v) is 7.77. The van der Waals surface area contributed by atoms with Gasteiger partial charge >= 0.3 is 5.97 Å². The van der Waals surface area contributed by atoms with E-state index in [9.17, 15) is 17.6 Å². The van der Waals surface area contributed by atoms with Crippen molar-refractivity contribution < 1.29 is 22.3 Å². The summed E-state index contributed by atoms with van der Waals surface area (Å²) in [5.74, 6) is -1.31. The van der Waals surface area contributed by atoms with Gasteiger partial charge in [-0.2, -0.15) is 0 Å². The Kier molecular flexibility index (Phi) is 3.82. The van der Waals surface area contributed by atoms with Crippen LogP contribution in [0, 0.1) is 12.7 Å². The molecule has 0 aliphatic rings. The first-order valence-electron chi connectivity index (χ1n) is 5.88. The summed E-state index contributed by atoms with van der Waals surface area (Å²) in [5.41, 5.74) is -0.336. The second-order valence-electron chi connectivity index (χ2n) is 4.41. The van der Waals surface area contributed by atoms with E-state index in [1.807, 2.05) is 0 Å². The number of hydrogen-bond acceptors (Lipinski definition) is 5. The number of aromatic nitrogens is 2. The van der Waals surface area contributed by atoms with Gasteiger partial charge < -0.3 is 9.30 Å². The van der Waals surface area contributed by atoms with E-state index in [2.05, 4.69) is 9.72 Å². The molecule has 0 unspecified atom stereocenters. The summed E-state index contributed by atoms with van der Waals surface area (Å²) in [7, 11) is -2.59. The molecule has 112 valence electrons. The molecule has 1 aromatic heterocycles. The fraction of sp³-hybridized carbons (Fsp3) is 0.231. The van der Waals surface area contributed by atoms with Gasteiger partial charge in [0.15, 0.2) is 9.84 Å². The van der Waals surface area contributed by atoms with Crippen molar-refractivity contribution in [1.82, 2.24) is 9.55 Å². The maximum absolute atomic E-state index is 14.0.